The van der Waals surface area contributed by atoms with E-state index in [0.29, 0.717) is 5.75 Å². The first-order valence-electron chi connectivity index (χ1n) is 5.25. The van der Waals surface area contributed by atoms with E-state index in [4.69, 9.17) is 13.9 Å². The van der Waals surface area contributed by atoms with E-state index in [1.807, 2.05) is 12.1 Å². The zero-order chi connectivity index (χ0) is 13.0. The van der Waals surface area contributed by atoms with E-state index in [1.54, 1.807) is 19.1 Å². The van der Waals surface area contributed by atoms with Gasteiger partial charge in [-0.15, -0.1) is 0 Å². The molecule has 0 radical (unpaired) electrons. The van der Waals surface area contributed by atoms with Crippen LogP contribution < -0.4 is 4.74 Å². The van der Waals surface area contributed by atoms with E-state index in [1.165, 1.54) is 6.26 Å². The summed E-state index contributed by atoms with van der Waals surface area (Å²) in [5.41, 5.74) is 0.0870. The first kappa shape index (κ1) is 12.6. The Morgan fingerprint density at radius 1 is 1.39 bits per heavy atom. The highest BCUT2D eigenvalue weighted by molar-refractivity contribution is 9.10. The van der Waals surface area contributed by atoms with Crippen molar-refractivity contribution in [2.45, 2.75) is 6.92 Å². The predicted octanol–water partition coefficient (Wildman–Crippen LogP) is 3.41. The molecule has 0 atom stereocenters. The number of ether oxygens (including phenoxy) is 2. The summed E-state index contributed by atoms with van der Waals surface area (Å²) >= 11 is 3.32. The lowest BCUT2D eigenvalue weighted by Gasteiger charge is -1.99. The van der Waals surface area contributed by atoms with Crippen molar-refractivity contribution in [3.63, 3.8) is 0 Å². The van der Waals surface area contributed by atoms with Crippen LogP contribution in [0.2, 0.25) is 0 Å². The molecule has 1 aromatic heterocycles. The molecular weight excluding hydrogens is 302 g/mol. The highest BCUT2D eigenvalue weighted by Crippen LogP contribution is 2.22. The van der Waals surface area contributed by atoms with Crippen LogP contribution in [0.1, 0.15) is 17.4 Å². The van der Waals surface area contributed by atoms with E-state index in [2.05, 4.69) is 20.9 Å². The van der Waals surface area contributed by atoms with Gasteiger partial charge in [0.25, 0.3) is 0 Å². The zero-order valence-electron chi connectivity index (χ0n) is 9.55. The van der Waals surface area contributed by atoms with Gasteiger partial charge in [0.1, 0.15) is 12.0 Å². The van der Waals surface area contributed by atoms with E-state index in [0.717, 1.165) is 4.47 Å². The Labute approximate surface area is 112 Å². The molecule has 0 N–H and O–H groups in total. The molecule has 0 aliphatic carbocycles. The third-order valence-corrected chi connectivity index (χ3v) is 2.52. The molecule has 6 heteroatoms. The number of hydrogen-bond acceptors (Lipinski definition) is 5. The van der Waals surface area contributed by atoms with Crippen molar-refractivity contribution in [1.29, 1.82) is 0 Å². The van der Waals surface area contributed by atoms with E-state index in [9.17, 15) is 4.79 Å². The van der Waals surface area contributed by atoms with Crippen LogP contribution in [-0.4, -0.2) is 17.6 Å². The van der Waals surface area contributed by atoms with Crippen molar-refractivity contribution in [3.8, 4) is 11.8 Å². The first-order chi connectivity index (χ1) is 8.69. The van der Waals surface area contributed by atoms with E-state index >= 15 is 0 Å². The second kappa shape index (κ2) is 5.68. The fourth-order valence-corrected chi connectivity index (χ4v) is 1.47. The van der Waals surface area contributed by atoms with Crippen LogP contribution in [0.15, 0.2) is 39.4 Å². The SMILES string of the molecule is CCOC(=O)c1coc(Oc2ccc(Br)cc2)n1. The van der Waals surface area contributed by atoms with Crippen molar-refractivity contribution >= 4 is 21.9 Å². The Kier molecular flexibility index (Phi) is 3.99. The van der Waals surface area contributed by atoms with Gasteiger partial charge >= 0.3 is 12.0 Å². The summed E-state index contributed by atoms with van der Waals surface area (Å²) < 4.78 is 16.1. The Morgan fingerprint density at radius 2 is 2.11 bits per heavy atom. The van der Waals surface area contributed by atoms with Gasteiger partial charge in [-0.2, -0.15) is 4.98 Å². The maximum atomic E-state index is 11.3. The second-order valence-corrected chi connectivity index (χ2v) is 4.19. The fraction of sp³-hybridized carbons (Fsp3) is 0.167. The molecule has 18 heavy (non-hydrogen) atoms. The van der Waals surface area contributed by atoms with Gasteiger partial charge < -0.3 is 13.9 Å². The van der Waals surface area contributed by atoms with Crippen LogP contribution >= 0.6 is 15.9 Å². The molecule has 1 aromatic carbocycles. The summed E-state index contributed by atoms with van der Waals surface area (Å²) in [6.07, 6.45) is 1.20. The Balaban J connectivity index is 2.06. The molecule has 1 heterocycles. The number of esters is 1. The van der Waals surface area contributed by atoms with Crippen LogP contribution in [-0.2, 0) is 4.74 Å². The lowest BCUT2D eigenvalue weighted by atomic mass is 10.3. The number of halogens is 1. The minimum absolute atomic E-state index is 0.000348. The third kappa shape index (κ3) is 3.10. The number of benzene rings is 1. The number of aromatic nitrogens is 1. The van der Waals surface area contributed by atoms with Gasteiger partial charge in [0.05, 0.1) is 6.61 Å². The zero-order valence-corrected chi connectivity index (χ0v) is 11.1. The molecule has 2 aromatic rings. The fourth-order valence-electron chi connectivity index (χ4n) is 1.21. The predicted molar refractivity (Wildman–Crippen MR) is 66.7 cm³/mol. The maximum absolute atomic E-state index is 11.3. The number of carbonyl (C=O) groups is 1. The van der Waals surface area contributed by atoms with E-state index < -0.39 is 5.97 Å². The minimum atomic E-state index is -0.535. The van der Waals surface area contributed by atoms with Crippen molar-refractivity contribution in [1.82, 2.24) is 4.98 Å². The number of carbonyl (C=O) groups excluding carboxylic acids is 1. The van der Waals surface area contributed by atoms with Gasteiger partial charge in [-0.05, 0) is 31.2 Å². The van der Waals surface area contributed by atoms with Crippen LogP contribution in [0.25, 0.3) is 0 Å². The normalized spacial score (nSPS) is 10.1. The smallest absolute Gasteiger partial charge is 0.399 e. The monoisotopic (exact) mass is 311 g/mol. The Morgan fingerprint density at radius 3 is 2.78 bits per heavy atom. The first-order valence-corrected chi connectivity index (χ1v) is 6.04. The molecule has 2 rings (SSSR count). The van der Waals surface area contributed by atoms with Gasteiger partial charge in [0.15, 0.2) is 5.69 Å². The molecule has 94 valence electrons. The topological polar surface area (TPSA) is 61.6 Å². The van der Waals surface area contributed by atoms with Crippen molar-refractivity contribution < 1.29 is 18.7 Å². The maximum Gasteiger partial charge on any atom is 0.399 e. The van der Waals surface area contributed by atoms with Crippen molar-refractivity contribution in [2.75, 3.05) is 6.61 Å². The van der Waals surface area contributed by atoms with Crippen LogP contribution in [0.5, 0.6) is 11.8 Å². The molecule has 0 saturated carbocycles. The average molecular weight is 312 g/mol. The summed E-state index contributed by atoms with van der Waals surface area (Å²) in [6.45, 7) is 2.01. The third-order valence-electron chi connectivity index (χ3n) is 1.99. The molecule has 0 bridgehead atoms. The summed E-state index contributed by atoms with van der Waals surface area (Å²) in [5.74, 6) is 0.0300. The van der Waals surface area contributed by atoms with Crippen LogP contribution in [0.4, 0.5) is 0 Å². The van der Waals surface area contributed by atoms with E-state index in [-0.39, 0.29) is 18.4 Å². The highest BCUT2D eigenvalue weighted by atomic mass is 79.9. The van der Waals surface area contributed by atoms with Crippen LogP contribution in [0.3, 0.4) is 0 Å². The second-order valence-electron chi connectivity index (χ2n) is 3.28. The summed E-state index contributed by atoms with van der Waals surface area (Å²) in [6, 6.07) is 7.14. The lowest BCUT2D eigenvalue weighted by Crippen LogP contribution is -2.04. The van der Waals surface area contributed by atoms with Gasteiger partial charge in [0.2, 0.25) is 0 Å². The molecule has 0 aliphatic heterocycles. The molecular formula is C12H10BrNO4. The van der Waals surface area contributed by atoms with Crippen molar-refractivity contribution in [2.24, 2.45) is 0 Å². The lowest BCUT2D eigenvalue weighted by molar-refractivity contribution is 0.0519. The number of hydrogen-bond donors (Lipinski definition) is 0. The van der Waals surface area contributed by atoms with Gasteiger partial charge in [-0.1, -0.05) is 15.9 Å². The molecule has 0 unspecified atom stereocenters. The quantitative estimate of drug-likeness (QED) is 0.810. The number of nitrogens with zero attached hydrogens (tertiary/aromatic N) is 1. The molecule has 0 aliphatic rings. The van der Waals surface area contributed by atoms with Gasteiger partial charge in [-0.25, -0.2) is 4.79 Å². The Hall–Kier alpha value is -1.82. The Bertz CT molecular complexity index is 535. The van der Waals surface area contributed by atoms with Crippen molar-refractivity contribution in [3.05, 3.63) is 40.7 Å². The highest BCUT2D eigenvalue weighted by Gasteiger charge is 2.14. The molecule has 0 spiro atoms. The van der Waals surface area contributed by atoms with Crippen LogP contribution in [0, 0.1) is 0 Å². The number of oxazole rings is 1. The number of rotatable bonds is 4. The standard InChI is InChI=1S/C12H10BrNO4/c1-2-16-11(15)10-7-17-12(14-10)18-9-5-3-8(13)4-6-9/h3-7H,2H2,1H3. The summed E-state index contributed by atoms with van der Waals surface area (Å²) in [7, 11) is 0. The van der Waals surface area contributed by atoms with Gasteiger partial charge in [-0.3, -0.25) is 0 Å². The minimum Gasteiger partial charge on any atom is -0.461 e. The average Bonchev–Trinajstić information content (AvgIpc) is 2.81. The van der Waals surface area contributed by atoms with Gasteiger partial charge in [0, 0.05) is 4.47 Å². The summed E-state index contributed by atoms with van der Waals surface area (Å²) in [4.78, 5) is 15.2. The molecule has 0 fully saturated rings. The summed E-state index contributed by atoms with van der Waals surface area (Å²) in [5, 5.41) is 0. The molecule has 0 saturated heterocycles. The molecule has 0 amide bonds. The molecule has 5 nitrogen and oxygen atoms in total. The largest absolute Gasteiger partial charge is 0.461 e.